The third-order valence-electron chi connectivity index (χ3n) is 9.64. The summed E-state index contributed by atoms with van der Waals surface area (Å²) >= 11 is 5.22. The molecule has 7 N–H and O–H groups in total. The van der Waals surface area contributed by atoms with Gasteiger partial charge in [0.05, 0.1) is 6.04 Å². The predicted octanol–water partition coefficient (Wildman–Crippen LogP) is 5.78. The molecule has 12 heteroatoms. The highest BCUT2D eigenvalue weighted by molar-refractivity contribution is 9.10. The molecule has 0 saturated heterocycles. The Morgan fingerprint density at radius 2 is 1.78 bits per heavy atom. The van der Waals surface area contributed by atoms with Gasteiger partial charge >= 0.3 is 0 Å². The molecular formula is C39H50BrN7O3S. The molecule has 10 nitrogen and oxygen atoms in total. The van der Waals surface area contributed by atoms with Gasteiger partial charge in [0.25, 0.3) is 0 Å². The van der Waals surface area contributed by atoms with Crippen molar-refractivity contribution in [2.45, 2.75) is 93.9 Å². The Bertz CT molecular complexity index is 1810. The van der Waals surface area contributed by atoms with Crippen LogP contribution in [0.5, 0.6) is 0 Å². The summed E-state index contributed by atoms with van der Waals surface area (Å²) in [4.78, 5) is 54.0. The maximum absolute atomic E-state index is 14.7. The van der Waals surface area contributed by atoms with E-state index in [2.05, 4.69) is 37.6 Å². The first-order chi connectivity index (χ1) is 24.7. The number of carbonyl (C=O) groups is 3. The molecule has 0 aliphatic carbocycles. The van der Waals surface area contributed by atoms with Gasteiger partial charge in [-0.05, 0) is 99.1 Å². The van der Waals surface area contributed by atoms with Crippen LogP contribution in [-0.2, 0) is 33.9 Å². The van der Waals surface area contributed by atoms with E-state index in [9.17, 15) is 14.4 Å². The van der Waals surface area contributed by atoms with Crippen molar-refractivity contribution in [1.29, 1.82) is 0 Å². The van der Waals surface area contributed by atoms with Crippen molar-refractivity contribution < 1.29 is 14.4 Å². The van der Waals surface area contributed by atoms with Crippen LogP contribution in [0, 0.1) is 12.8 Å². The first-order valence-electron chi connectivity index (χ1n) is 17.9. The second kappa shape index (κ2) is 18.8. The molecule has 3 heterocycles. The van der Waals surface area contributed by atoms with Crippen LogP contribution >= 0.6 is 27.7 Å². The maximum Gasteiger partial charge on any atom is 0.243 e. The van der Waals surface area contributed by atoms with Crippen molar-refractivity contribution in [1.82, 2.24) is 25.5 Å². The number of aromatic amines is 1. The molecule has 5 rings (SSSR count). The van der Waals surface area contributed by atoms with Crippen molar-refractivity contribution in [2.75, 3.05) is 19.6 Å². The largest absolute Gasteiger partial charge is 0.361 e. The lowest BCUT2D eigenvalue weighted by Crippen LogP contribution is -2.52. The van der Waals surface area contributed by atoms with Crippen molar-refractivity contribution in [3.63, 3.8) is 0 Å². The molecule has 0 radical (unpaired) electrons. The van der Waals surface area contributed by atoms with Gasteiger partial charge in [-0.25, -0.2) is 4.98 Å². The maximum atomic E-state index is 14.7. The number of hydrogen-bond acceptors (Lipinski definition) is 8. The lowest BCUT2D eigenvalue weighted by atomic mass is 9.90. The Kier molecular flexibility index (Phi) is 14.3. The van der Waals surface area contributed by atoms with E-state index in [1.807, 2.05) is 62.5 Å². The number of benzene rings is 2. The van der Waals surface area contributed by atoms with E-state index in [4.69, 9.17) is 16.5 Å². The molecule has 1 aliphatic heterocycles. The van der Waals surface area contributed by atoms with Crippen LogP contribution in [0.2, 0.25) is 0 Å². The van der Waals surface area contributed by atoms with E-state index in [1.165, 1.54) is 0 Å². The van der Waals surface area contributed by atoms with Crippen LogP contribution in [0.3, 0.4) is 0 Å². The summed E-state index contributed by atoms with van der Waals surface area (Å²) in [7, 11) is 0. The highest BCUT2D eigenvalue weighted by Crippen LogP contribution is 2.36. The monoisotopic (exact) mass is 775 g/mol. The molecular weight excluding hydrogens is 726 g/mol. The number of carbonyl (C=O) groups excluding carboxylic acids is 3. The van der Waals surface area contributed by atoms with Crippen molar-refractivity contribution in [3.8, 4) is 0 Å². The highest BCUT2D eigenvalue weighted by atomic mass is 79.9. The molecule has 1 aliphatic rings. The number of aryl methyl sites for hydroxylation is 1. The van der Waals surface area contributed by atoms with E-state index in [0.29, 0.717) is 58.3 Å². The zero-order valence-electron chi connectivity index (χ0n) is 29.6. The number of nitrogens with two attached hydrogens (primary N) is 2. The van der Waals surface area contributed by atoms with Crippen molar-refractivity contribution >= 4 is 56.2 Å². The summed E-state index contributed by atoms with van der Waals surface area (Å²) in [5.74, 6) is -1.06. The fourth-order valence-corrected chi connectivity index (χ4v) is 8.59. The van der Waals surface area contributed by atoms with Gasteiger partial charge in [-0.1, -0.05) is 58.4 Å². The van der Waals surface area contributed by atoms with Crippen LogP contribution in [0.15, 0.2) is 75.3 Å². The zero-order valence-corrected chi connectivity index (χ0v) is 32.0. The number of amides is 2. The number of rotatable bonds is 10. The number of nitrogens with zero attached hydrogens (tertiary/aromatic N) is 2. The van der Waals surface area contributed by atoms with Crippen LogP contribution in [-0.4, -0.2) is 64.2 Å². The molecule has 0 bridgehead atoms. The number of fused-ring (bicyclic) bond motifs is 3. The quantitative estimate of drug-likeness (QED) is 0.127. The molecule has 0 spiro atoms. The van der Waals surface area contributed by atoms with E-state index >= 15 is 0 Å². The number of para-hydroxylation sites is 1. The molecule has 2 aromatic heterocycles. The molecule has 0 fully saturated rings. The molecule has 272 valence electrons. The summed E-state index contributed by atoms with van der Waals surface area (Å²) in [6.07, 6.45) is 7.26. The van der Waals surface area contributed by atoms with Crippen LogP contribution in [0.25, 0.3) is 10.9 Å². The number of nitrogens with one attached hydrogen (secondary N) is 3. The second-order valence-electron chi connectivity index (χ2n) is 13.2. The lowest BCUT2D eigenvalue weighted by Gasteiger charge is -2.33. The molecule has 0 unspecified atom stereocenters. The topological polar surface area (TPSA) is 159 Å². The van der Waals surface area contributed by atoms with Crippen LogP contribution in [0.4, 0.5) is 0 Å². The number of pyridine rings is 1. The Morgan fingerprint density at radius 1 is 0.980 bits per heavy atom. The molecule has 4 aromatic rings. The van der Waals surface area contributed by atoms with Gasteiger partial charge in [-0.2, -0.15) is 0 Å². The molecule has 0 saturated carbocycles. The minimum Gasteiger partial charge on any atom is -0.361 e. The van der Waals surface area contributed by atoms with Crippen molar-refractivity contribution in [2.24, 2.45) is 17.4 Å². The van der Waals surface area contributed by atoms with E-state index in [1.54, 1.807) is 22.9 Å². The number of hydrogen-bond donors (Lipinski definition) is 5. The van der Waals surface area contributed by atoms with E-state index < -0.39 is 18.0 Å². The van der Waals surface area contributed by atoms with Gasteiger partial charge in [-0.3, -0.25) is 14.4 Å². The first-order valence-corrected chi connectivity index (χ1v) is 19.5. The normalized spacial score (nSPS) is 19.4. The Morgan fingerprint density at radius 3 is 2.57 bits per heavy atom. The van der Waals surface area contributed by atoms with Gasteiger partial charge < -0.3 is 32.0 Å². The van der Waals surface area contributed by atoms with Gasteiger partial charge in [0.1, 0.15) is 11.1 Å². The third-order valence-corrected chi connectivity index (χ3v) is 11.4. The number of ketones is 1. The second-order valence-corrected chi connectivity index (χ2v) is 15.1. The minimum absolute atomic E-state index is 0.0309. The summed E-state index contributed by atoms with van der Waals surface area (Å²) in [6.45, 7) is 5.91. The Labute approximate surface area is 313 Å². The Balaban J connectivity index is 1.60. The number of aromatic nitrogens is 2. The summed E-state index contributed by atoms with van der Waals surface area (Å²) < 4.78 is 0.907. The predicted molar refractivity (Wildman–Crippen MR) is 207 cm³/mol. The number of H-pyrrole nitrogens is 1. The molecule has 2 aromatic carbocycles. The zero-order chi connectivity index (χ0) is 36.3. The summed E-state index contributed by atoms with van der Waals surface area (Å²) in [5.41, 5.74) is 16.6. The van der Waals surface area contributed by atoms with E-state index in [-0.39, 0.29) is 30.6 Å². The SMILES string of the molecule is CCN1C(=O)[C@H](CCCCN)CC(=O)[C@H](CCCN)NCc2cccnc2Sc2c(C)cc(Br)cc2CNC(=O)[C@@H]1Cc1c[nH]c2ccccc12. The third kappa shape index (κ3) is 9.87. The number of halogens is 1. The van der Waals surface area contributed by atoms with Crippen molar-refractivity contribution in [3.05, 3.63) is 87.7 Å². The van der Waals surface area contributed by atoms with Crippen LogP contribution in [0.1, 0.15) is 67.7 Å². The molecule has 3 atom stereocenters. The van der Waals surface area contributed by atoms with Crippen LogP contribution < -0.4 is 22.1 Å². The van der Waals surface area contributed by atoms with E-state index in [0.717, 1.165) is 54.0 Å². The van der Waals surface area contributed by atoms with Gasteiger partial charge in [0, 0.05) is 71.1 Å². The number of likely N-dealkylation sites (N-methyl/N-ethyl adjacent to an activating group) is 1. The highest BCUT2D eigenvalue weighted by Gasteiger charge is 2.35. The fourth-order valence-electron chi connectivity index (χ4n) is 6.91. The number of Topliss-reactive ketones (excluding diaryl/α,β-unsaturated/α-hetero) is 1. The average Bonchev–Trinajstić information content (AvgIpc) is 3.54. The number of unbranched alkanes of at least 4 members (excludes halogenated alkanes) is 1. The van der Waals surface area contributed by atoms with Gasteiger partial charge in [-0.15, -0.1) is 0 Å². The fraction of sp³-hybridized carbons (Fsp3) is 0.436. The lowest BCUT2D eigenvalue weighted by molar-refractivity contribution is -0.145. The Hall–Kier alpha value is -3.55. The smallest absolute Gasteiger partial charge is 0.243 e. The first kappa shape index (κ1) is 38.7. The molecule has 2 amide bonds. The summed E-state index contributed by atoms with van der Waals surface area (Å²) in [6, 6.07) is 14.7. The standard InChI is InChI=1S/C39H50BrN7O3S/c1-3-47-34(20-28-23-44-32-13-5-4-12-31(28)32)37(49)46-24-29-19-30(40)18-25(2)36(29)51-38-27(11-9-17-43-38)22-45-33(14-8-16-42)35(48)21-26(39(47)50)10-6-7-15-41/h4-5,9,11-13,17-19,23,26,33-34,44-45H,3,6-8,10,14-16,20-22,24,41-42H2,1-2H3,(H,46,49)/t26-,33+,34+/m1/s1. The average molecular weight is 777 g/mol. The molecule has 51 heavy (non-hydrogen) atoms. The minimum atomic E-state index is -0.803. The van der Waals surface area contributed by atoms with Gasteiger partial charge in [0.2, 0.25) is 11.8 Å². The van der Waals surface area contributed by atoms with Gasteiger partial charge in [0.15, 0.2) is 5.78 Å². The summed E-state index contributed by atoms with van der Waals surface area (Å²) in [5, 5.41) is 8.55.